The lowest BCUT2D eigenvalue weighted by Gasteiger charge is -2.09. The summed E-state index contributed by atoms with van der Waals surface area (Å²) in [6.45, 7) is 4.56. The van der Waals surface area contributed by atoms with Crippen LogP contribution >= 0.6 is 0 Å². The maximum atomic E-state index is 5.39. The largest absolute Gasteiger partial charge is 0.382 e. The average Bonchev–Trinajstić information content (AvgIpc) is 2.43. The van der Waals surface area contributed by atoms with Gasteiger partial charge in [0.1, 0.15) is 17.5 Å². The predicted molar refractivity (Wildman–Crippen MR) is 75.0 cm³/mol. The molecule has 0 aliphatic rings. The number of nitrogens with two attached hydrogens (primary N) is 1. The lowest BCUT2D eigenvalue weighted by Crippen LogP contribution is -2.15. The van der Waals surface area contributed by atoms with Crippen LogP contribution in [0.4, 0.5) is 11.6 Å². The van der Waals surface area contributed by atoms with Gasteiger partial charge in [-0.25, -0.2) is 15.8 Å². The first-order valence-electron chi connectivity index (χ1n) is 6.45. The van der Waals surface area contributed by atoms with Crippen LogP contribution in [0.2, 0.25) is 0 Å². The van der Waals surface area contributed by atoms with E-state index in [1.807, 2.05) is 0 Å². The molecule has 0 aromatic carbocycles. The summed E-state index contributed by atoms with van der Waals surface area (Å²) in [5, 5.41) is 3.18. The topological polar surface area (TPSA) is 94.3 Å². The zero-order valence-corrected chi connectivity index (χ0v) is 11.6. The minimum absolute atomic E-state index is 0.596. The van der Waals surface area contributed by atoms with Gasteiger partial charge in [0.2, 0.25) is 0 Å². The maximum absolute atomic E-state index is 5.39. The molecule has 108 valence electrons. The van der Waals surface area contributed by atoms with E-state index in [0.717, 1.165) is 24.5 Å². The summed E-state index contributed by atoms with van der Waals surface area (Å²) in [4.78, 5) is 8.68. The van der Waals surface area contributed by atoms with Gasteiger partial charge in [-0.05, 0) is 6.42 Å². The van der Waals surface area contributed by atoms with Crippen LogP contribution in [0.1, 0.15) is 19.2 Å². The molecule has 0 aliphatic heterocycles. The second kappa shape index (κ2) is 9.48. The van der Waals surface area contributed by atoms with Crippen LogP contribution in [0.15, 0.2) is 6.07 Å². The normalized spacial score (nSPS) is 10.5. The molecule has 0 saturated carbocycles. The van der Waals surface area contributed by atoms with Crippen LogP contribution in [0, 0.1) is 0 Å². The quantitative estimate of drug-likeness (QED) is 0.328. The van der Waals surface area contributed by atoms with E-state index >= 15 is 0 Å². The van der Waals surface area contributed by atoms with E-state index in [1.54, 1.807) is 13.2 Å². The Kier molecular flexibility index (Phi) is 7.80. The summed E-state index contributed by atoms with van der Waals surface area (Å²) in [6.07, 6.45) is 1.82. The number of ether oxygens (including phenoxy) is 2. The molecule has 1 aromatic heterocycles. The monoisotopic (exact) mass is 269 g/mol. The fourth-order valence-electron chi connectivity index (χ4n) is 1.49. The van der Waals surface area contributed by atoms with Crippen molar-refractivity contribution in [3.8, 4) is 0 Å². The van der Waals surface area contributed by atoms with Crippen LogP contribution < -0.4 is 16.6 Å². The Morgan fingerprint density at radius 2 is 2.00 bits per heavy atom. The second-order valence-electron chi connectivity index (χ2n) is 3.98. The third kappa shape index (κ3) is 6.32. The number of rotatable bonds is 10. The van der Waals surface area contributed by atoms with Gasteiger partial charge in [0.15, 0.2) is 0 Å². The third-order valence-electron chi connectivity index (χ3n) is 2.38. The number of nitrogens with zero attached hydrogens (tertiary/aromatic N) is 2. The van der Waals surface area contributed by atoms with Crippen LogP contribution in [0.25, 0.3) is 0 Å². The Morgan fingerprint density at radius 3 is 2.68 bits per heavy atom. The Bertz CT molecular complexity index is 362. The summed E-state index contributed by atoms with van der Waals surface area (Å²) < 4.78 is 10.3. The van der Waals surface area contributed by atoms with Gasteiger partial charge in [0.25, 0.3) is 0 Å². The van der Waals surface area contributed by atoms with E-state index in [-0.39, 0.29) is 0 Å². The van der Waals surface area contributed by atoms with Gasteiger partial charge in [-0.15, -0.1) is 0 Å². The SMILES string of the molecule is CCCc1nc(NN)cc(NCCOCCOC)n1. The van der Waals surface area contributed by atoms with Crippen LogP contribution in [-0.4, -0.2) is 43.4 Å². The van der Waals surface area contributed by atoms with E-state index in [2.05, 4.69) is 27.6 Å². The summed E-state index contributed by atoms with van der Waals surface area (Å²) >= 11 is 0. The van der Waals surface area contributed by atoms with Crippen LogP contribution in [-0.2, 0) is 15.9 Å². The van der Waals surface area contributed by atoms with Gasteiger partial charge in [-0.2, -0.15) is 0 Å². The molecule has 0 aliphatic carbocycles. The fraction of sp³-hybridized carbons (Fsp3) is 0.667. The van der Waals surface area contributed by atoms with E-state index in [0.29, 0.717) is 32.2 Å². The summed E-state index contributed by atoms with van der Waals surface area (Å²) in [5.74, 6) is 7.53. The minimum Gasteiger partial charge on any atom is -0.382 e. The number of hydrogen-bond acceptors (Lipinski definition) is 7. The van der Waals surface area contributed by atoms with Crippen molar-refractivity contribution < 1.29 is 9.47 Å². The highest BCUT2D eigenvalue weighted by atomic mass is 16.5. The number of anilines is 2. The number of hydrazine groups is 1. The molecule has 0 amide bonds. The molecule has 7 heteroatoms. The molecular weight excluding hydrogens is 246 g/mol. The van der Waals surface area contributed by atoms with E-state index < -0.39 is 0 Å². The van der Waals surface area contributed by atoms with Gasteiger partial charge in [0.05, 0.1) is 19.8 Å². The molecule has 0 spiro atoms. The smallest absolute Gasteiger partial charge is 0.145 e. The molecule has 0 atom stereocenters. The van der Waals surface area contributed by atoms with Crippen molar-refractivity contribution in [2.24, 2.45) is 5.84 Å². The van der Waals surface area contributed by atoms with Crippen molar-refractivity contribution in [1.29, 1.82) is 0 Å². The van der Waals surface area contributed by atoms with Gasteiger partial charge < -0.3 is 20.2 Å². The molecule has 0 unspecified atom stereocenters. The number of aromatic nitrogens is 2. The number of methoxy groups -OCH3 is 1. The highest BCUT2D eigenvalue weighted by molar-refractivity contribution is 5.46. The van der Waals surface area contributed by atoms with Gasteiger partial charge in [0, 0.05) is 26.1 Å². The van der Waals surface area contributed by atoms with Gasteiger partial charge in [-0.3, -0.25) is 0 Å². The summed E-state index contributed by atoms with van der Waals surface area (Å²) in [6, 6.07) is 1.77. The van der Waals surface area contributed by atoms with E-state index in [4.69, 9.17) is 15.3 Å². The summed E-state index contributed by atoms with van der Waals surface area (Å²) in [5.41, 5.74) is 2.55. The number of hydrogen-bond donors (Lipinski definition) is 3. The fourth-order valence-corrected chi connectivity index (χ4v) is 1.49. The summed E-state index contributed by atoms with van der Waals surface area (Å²) in [7, 11) is 1.65. The second-order valence-corrected chi connectivity index (χ2v) is 3.98. The molecule has 1 aromatic rings. The first-order chi connectivity index (χ1) is 9.30. The van der Waals surface area contributed by atoms with E-state index in [1.165, 1.54) is 0 Å². The number of nitrogen functional groups attached to an aromatic ring is 1. The molecule has 0 bridgehead atoms. The maximum Gasteiger partial charge on any atom is 0.145 e. The predicted octanol–water partition coefficient (Wildman–Crippen LogP) is 0.790. The van der Waals surface area contributed by atoms with Crippen molar-refractivity contribution in [2.75, 3.05) is 44.2 Å². The third-order valence-corrected chi connectivity index (χ3v) is 2.38. The molecule has 19 heavy (non-hydrogen) atoms. The lowest BCUT2D eigenvalue weighted by atomic mass is 10.3. The van der Waals surface area contributed by atoms with E-state index in [9.17, 15) is 0 Å². The Morgan fingerprint density at radius 1 is 1.21 bits per heavy atom. The molecule has 0 radical (unpaired) electrons. The highest BCUT2D eigenvalue weighted by Gasteiger charge is 2.03. The van der Waals surface area contributed by atoms with Gasteiger partial charge >= 0.3 is 0 Å². The van der Waals surface area contributed by atoms with Crippen molar-refractivity contribution in [2.45, 2.75) is 19.8 Å². The number of nitrogens with one attached hydrogen (secondary N) is 2. The van der Waals surface area contributed by atoms with Gasteiger partial charge in [-0.1, -0.05) is 6.92 Å². The highest BCUT2D eigenvalue weighted by Crippen LogP contribution is 2.11. The first kappa shape index (κ1) is 15.6. The Hall–Kier alpha value is -1.44. The van der Waals surface area contributed by atoms with Crippen LogP contribution in [0.5, 0.6) is 0 Å². The lowest BCUT2D eigenvalue weighted by molar-refractivity contribution is 0.0759. The molecule has 4 N–H and O–H groups in total. The molecule has 1 rings (SSSR count). The first-order valence-corrected chi connectivity index (χ1v) is 6.45. The van der Waals surface area contributed by atoms with Crippen molar-refractivity contribution in [1.82, 2.24) is 9.97 Å². The number of aryl methyl sites for hydroxylation is 1. The Balaban J connectivity index is 2.41. The Labute approximate surface area is 113 Å². The average molecular weight is 269 g/mol. The molecule has 0 fully saturated rings. The zero-order valence-electron chi connectivity index (χ0n) is 11.6. The van der Waals surface area contributed by atoms with Crippen molar-refractivity contribution >= 4 is 11.6 Å². The minimum atomic E-state index is 0.596. The molecule has 7 nitrogen and oxygen atoms in total. The van der Waals surface area contributed by atoms with Crippen molar-refractivity contribution in [3.63, 3.8) is 0 Å². The molecular formula is C12H23N5O2. The molecule has 1 heterocycles. The van der Waals surface area contributed by atoms with Crippen LogP contribution in [0.3, 0.4) is 0 Å². The van der Waals surface area contributed by atoms with Crippen molar-refractivity contribution in [3.05, 3.63) is 11.9 Å². The zero-order chi connectivity index (χ0) is 13.9. The standard InChI is InChI=1S/C12H23N5O2/c1-3-4-10-15-11(9-12(16-10)17-13)14-5-6-19-8-7-18-2/h9H,3-8,13H2,1-2H3,(H2,14,15,16,17). The molecule has 0 saturated heterocycles.